The van der Waals surface area contributed by atoms with Gasteiger partial charge in [0.1, 0.15) is 5.25 Å². The van der Waals surface area contributed by atoms with E-state index in [2.05, 4.69) is 5.32 Å². The van der Waals surface area contributed by atoms with Crippen molar-refractivity contribution in [2.45, 2.75) is 39.0 Å². The van der Waals surface area contributed by atoms with Crippen molar-refractivity contribution >= 4 is 36.3 Å². The van der Waals surface area contributed by atoms with Gasteiger partial charge >= 0.3 is 7.60 Å². The van der Waals surface area contributed by atoms with E-state index in [9.17, 15) is 14.5 Å². The van der Waals surface area contributed by atoms with Crippen molar-refractivity contribution in [3.8, 4) is 0 Å². The Balaban J connectivity index is 1.80. The van der Waals surface area contributed by atoms with E-state index >= 15 is 0 Å². The fourth-order valence-corrected chi connectivity index (χ4v) is 6.14. The molecule has 0 radical (unpaired) electrons. The summed E-state index contributed by atoms with van der Waals surface area (Å²) in [4.78, 5) is 13.0. The van der Waals surface area contributed by atoms with Gasteiger partial charge in [-0.25, -0.2) is 0 Å². The molecule has 0 saturated heterocycles. The number of amides is 1. The van der Waals surface area contributed by atoms with E-state index in [-0.39, 0.29) is 19.1 Å². The van der Waals surface area contributed by atoms with E-state index in [1.807, 2.05) is 26.0 Å². The number of hydrogen-bond acceptors (Lipinski definition) is 6. The zero-order valence-corrected chi connectivity index (χ0v) is 19.4. The van der Waals surface area contributed by atoms with E-state index in [1.54, 1.807) is 38.1 Å². The summed E-state index contributed by atoms with van der Waals surface area (Å²) in [5.41, 5.74) is 4.46. The molecule has 6 nitrogen and oxygen atoms in total. The molecule has 0 unspecified atom stereocenters. The predicted octanol–water partition coefficient (Wildman–Crippen LogP) is 4.65. The fraction of sp³-hybridized carbons (Fsp3) is 0.409. The summed E-state index contributed by atoms with van der Waals surface area (Å²) < 4.78 is 23.6. The van der Waals surface area contributed by atoms with Gasteiger partial charge in [-0.3, -0.25) is 9.36 Å². The standard InChI is InChI=1S/C22H28NO5PS/c1-5-27-29(26,28-6-2)17-9-7-16(8-10-17)23-22(25)21-19-12-15(4)14(3)11-18(19)20(24)13-30-21/h7-12,20-21,24H,5-6,13H2,1-4H3,(H,23,25)/t20-,21+/m0/s1. The van der Waals surface area contributed by atoms with Gasteiger partial charge in [-0.1, -0.05) is 12.1 Å². The van der Waals surface area contributed by atoms with Gasteiger partial charge in [0.15, 0.2) is 0 Å². The summed E-state index contributed by atoms with van der Waals surface area (Å²) in [6, 6.07) is 10.7. The quantitative estimate of drug-likeness (QED) is 0.599. The molecule has 30 heavy (non-hydrogen) atoms. The Morgan fingerprint density at radius 2 is 1.67 bits per heavy atom. The lowest BCUT2D eigenvalue weighted by atomic mass is 9.94. The summed E-state index contributed by atoms with van der Waals surface area (Å²) in [5.74, 6) is 0.320. The highest BCUT2D eigenvalue weighted by Crippen LogP contribution is 2.47. The minimum Gasteiger partial charge on any atom is -0.388 e. The number of thioether (sulfide) groups is 1. The van der Waals surface area contributed by atoms with Crippen LogP contribution in [0, 0.1) is 13.8 Å². The fourth-order valence-electron chi connectivity index (χ4n) is 3.42. The molecule has 2 aromatic rings. The summed E-state index contributed by atoms with van der Waals surface area (Å²) >= 11 is 1.43. The maximum Gasteiger partial charge on any atom is 0.361 e. The number of aliphatic hydroxyl groups is 1. The first-order valence-electron chi connectivity index (χ1n) is 10.00. The molecule has 0 saturated carbocycles. The van der Waals surface area contributed by atoms with Gasteiger partial charge in [0.2, 0.25) is 5.91 Å². The van der Waals surface area contributed by atoms with Crippen LogP contribution in [-0.4, -0.2) is 30.0 Å². The van der Waals surface area contributed by atoms with Crippen LogP contribution in [0.1, 0.15) is 47.5 Å². The number of carbonyl (C=O) groups excluding carboxylic acids is 1. The number of aliphatic hydroxyl groups excluding tert-OH is 1. The van der Waals surface area contributed by atoms with Crippen molar-refractivity contribution in [1.29, 1.82) is 0 Å². The van der Waals surface area contributed by atoms with Gasteiger partial charge in [-0.15, -0.1) is 11.8 Å². The first kappa shape index (κ1) is 23.0. The van der Waals surface area contributed by atoms with Gasteiger partial charge in [0, 0.05) is 11.4 Å². The van der Waals surface area contributed by atoms with Gasteiger partial charge < -0.3 is 19.5 Å². The summed E-state index contributed by atoms with van der Waals surface area (Å²) in [5, 5.41) is 13.3. The monoisotopic (exact) mass is 449 g/mol. The number of anilines is 1. The average molecular weight is 450 g/mol. The van der Waals surface area contributed by atoms with Gasteiger partial charge in [0.05, 0.1) is 24.6 Å². The van der Waals surface area contributed by atoms with Crippen LogP contribution < -0.4 is 10.6 Å². The number of aryl methyl sites for hydroxylation is 2. The summed E-state index contributed by atoms with van der Waals surface area (Å²) in [6.45, 7) is 8.09. The van der Waals surface area contributed by atoms with Crippen molar-refractivity contribution in [1.82, 2.24) is 0 Å². The van der Waals surface area contributed by atoms with Crippen LogP contribution in [-0.2, 0) is 18.4 Å². The van der Waals surface area contributed by atoms with Crippen LogP contribution in [0.4, 0.5) is 5.69 Å². The van der Waals surface area contributed by atoms with Crippen molar-refractivity contribution < 1.29 is 23.5 Å². The first-order chi connectivity index (χ1) is 14.3. The van der Waals surface area contributed by atoms with Crippen LogP contribution >= 0.6 is 19.4 Å². The van der Waals surface area contributed by atoms with Crippen LogP contribution in [0.3, 0.4) is 0 Å². The molecule has 0 bridgehead atoms. The van der Waals surface area contributed by atoms with Crippen molar-refractivity contribution in [2.24, 2.45) is 0 Å². The maximum atomic E-state index is 13.0. The third-order valence-corrected chi connectivity index (χ3v) is 8.49. The van der Waals surface area contributed by atoms with Crippen LogP contribution in [0.15, 0.2) is 36.4 Å². The highest BCUT2D eigenvalue weighted by Gasteiger charge is 2.32. The molecule has 2 N–H and O–H groups in total. The summed E-state index contributed by atoms with van der Waals surface area (Å²) in [7, 11) is -3.36. The lowest BCUT2D eigenvalue weighted by Gasteiger charge is -2.29. The number of nitrogens with one attached hydrogen (secondary N) is 1. The minimum atomic E-state index is -3.36. The SMILES string of the molecule is CCOP(=O)(OCC)c1ccc(NC(=O)[C@@H]2SC[C@H](O)c3cc(C)c(C)cc32)cc1. The second-order valence-corrected chi connectivity index (χ2v) is 10.3. The van der Waals surface area contributed by atoms with E-state index in [1.165, 1.54) is 11.8 Å². The van der Waals surface area contributed by atoms with Gasteiger partial charge in [-0.05, 0) is 74.2 Å². The largest absolute Gasteiger partial charge is 0.388 e. The van der Waals surface area contributed by atoms with Crippen LogP contribution in [0.25, 0.3) is 0 Å². The van der Waals surface area contributed by atoms with E-state index in [0.717, 1.165) is 22.3 Å². The number of hydrogen-bond donors (Lipinski definition) is 2. The highest BCUT2D eigenvalue weighted by atomic mass is 32.2. The van der Waals surface area contributed by atoms with E-state index < -0.39 is 18.9 Å². The van der Waals surface area contributed by atoms with E-state index in [0.29, 0.717) is 16.7 Å². The predicted molar refractivity (Wildman–Crippen MR) is 122 cm³/mol. The Morgan fingerprint density at radius 1 is 1.10 bits per heavy atom. The Hall–Kier alpha value is -1.63. The van der Waals surface area contributed by atoms with Gasteiger partial charge in [0.25, 0.3) is 0 Å². The molecule has 1 aliphatic rings. The second kappa shape index (κ2) is 9.67. The number of benzene rings is 2. The molecule has 0 aromatic heterocycles. The van der Waals surface area contributed by atoms with Crippen molar-refractivity contribution in [2.75, 3.05) is 24.3 Å². The zero-order chi connectivity index (χ0) is 21.9. The third-order valence-electron chi connectivity index (χ3n) is 5.05. The Kier molecular flexibility index (Phi) is 7.43. The zero-order valence-electron chi connectivity index (χ0n) is 17.7. The highest BCUT2D eigenvalue weighted by molar-refractivity contribution is 8.00. The molecule has 0 spiro atoms. The third kappa shape index (κ3) is 4.82. The molecule has 1 amide bonds. The van der Waals surface area contributed by atoms with Gasteiger partial charge in [-0.2, -0.15) is 0 Å². The molecule has 1 aliphatic heterocycles. The molecule has 2 aromatic carbocycles. The van der Waals surface area contributed by atoms with Crippen LogP contribution in [0.5, 0.6) is 0 Å². The molecule has 0 fully saturated rings. The lowest BCUT2D eigenvalue weighted by molar-refractivity contribution is -0.115. The molecule has 162 valence electrons. The summed E-state index contributed by atoms with van der Waals surface area (Å²) in [6.07, 6.45) is -0.570. The molecule has 2 atom stereocenters. The number of fused-ring (bicyclic) bond motifs is 1. The molecule has 3 rings (SSSR count). The minimum absolute atomic E-state index is 0.151. The molecule has 0 aliphatic carbocycles. The lowest BCUT2D eigenvalue weighted by Crippen LogP contribution is -2.25. The Bertz CT molecular complexity index is 953. The number of carbonyl (C=O) groups is 1. The Morgan fingerprint density at radius 3 is 2.23 bits per heavy atom. The maximum absolute atomic E-state index is 13.0. The normalized spacial score (nSPS) is 18.7. The first-order valence-corrected chi connectivity index (χ1v) is 12.6. The topological polar surface area (TPSA) is 84.9 Å². The van der Waals surface area contributed by atoms with Crippen molar-refractivity contribution in [3.63, 3.8) is 0 Å². The molecular weight excluding hydrogens is 421 g/mol. The van der Waals surface area contributed by atoms with E-state index in [4.69, 9.17) is 9.05 Å². The molecule has 1 heterocycles. The molecular formula is C22H28NO5PS. The second-order valence-electron chi connectivity index (χ2n) is 7.16. The van der Waals surface area contributed by atoms with Crippen LogP contribution in [0.2, 0.25) is 0 Å². The smallest absolute Gasteiger partial charge is 0.361 e. The number of rotatable bonds is 7. The average Bonchev–Trinajstić information content (AvgIpc) is 2.70. The molecule has 8 heteroatoms. The Labute approximate surface area is 181 Å². The van der Waals surface area contributed by atoms with Crippen molar-refractivity contribution in [3.05, 3.63) is 58.7 Å².